The number of pyridine rings is 2. The molecule has 0 saturated heterocycles. The van der Waals surface area contributed by atoms with Gasteiger partial charge < -0.3 is 9.30 Å². The van der Waals surface area contributed by atoms with Crippen LogP contribution in [0.4, 0.5) is 0 Å². The average molecular weight is 759 g/mol. The molecule has 0 N–H and O–H groups in total. The molecule has 0 bridgehead atoms. The molecule has 0 saturated carbocycles. The van der Waals surface area contributed by atoms with Gasteiger partial charge in [0.1, 0.15) is 5.82 Å². The Bertz CT molecular complexity index is 2250. The van der Waals surface area contributed by atoms with Crippen molar-refractivity contribution < 1.29 is 25.8 Å². The number of ether oxygens (including phenoxy) is 1. The van der Waals surface area contributed by atoms with Crippen LogP contribution in [0, 0.1) is 12.1 Å². The number of hydrogen-bond acceptors (Lipinski definition) is 3. The van der Waals surface area contributed by atoms with Gasteiger partial charge in [-0.3, -0.25) is 0 Å². The normalized spacial score (nSPS) is 10.9. The summed E-state index contributed by atoms with van der Waals surface area (Å²) in [6.07, 6.45) is 1.71. The van der Waals surface area contributed by atoms with Crippen LogP contribution in [-0.2, 0) is 21.1 Å². The molecule has 0 fully saturated rings. The van der Waals surface area contributed by atoms with Crippen LogP contribution in [-0.4, -0.2) is 14.5 Å². The molecule has 4 nitrogen and oxygen atoms in total. The van der Waals surface area contributed by atoms with E-state index in [1.54, 1.807) is 6.20 Å². The van der Waals surface area contributed by atoms with Crippen molar-refractivity contribution in [3.05, 3.63) is 164 Å². The van der Waals surface area contributed by atoms with Gasteiger partial charge in [-0.1, -0.05) is 90.3 Å². The van der Waals surface area contributed by atoms with Gasteiger partial charge in [-0.15, -0.1) is 18.2 Å². The van der Waals surface area contributed by atoms with Crippen molar-refractivity contribution >= 4 is 21.8 Å². The molecule has 0 aliphatic heterocycles. The maximum atomic E-state index is 5.98. The summed E-state index contributed by atoms with van der Waals surface area (Å²) < 4.78 is 8.19. The van der Waals surface area contributed by atoms with Gasteiger partial charge in [0.15, 0.2) is 0 Å². The number of fused-ring (bicyclic) bond motifs is 3. The Morgan fingerprint density at radius 1 is 0.556 bits per heavy atom. The first kappa shape index (κ1) is 28.5. The van der Waals surface area contributed by atoms with Crippen LogP contribution in [0.5, 0.6) is 11.6 Å². The van der Waals surface area contributed by atoms with Gasteiger partial charge in [0.25, 0.3) is 0 Å². The molecule has 8 aromatic rings. The van der Waals surface area contributed by atoms with Gasteiger partial charge in [0.05, 0.1) is 5.69 Å². The second-order valence-electron chi connectivity index (χ2n) is 10.5. The molecule has 3 heterocycles. The standard InChI is InChI=1S/C40H25N3O.Pt/c1-3-12-28(13-4-1)33-23-24-38(42-40(33)29-14-5-2-6-15-29)43-36-19-8-7-18-34(36)35-22-21-31(27-37(35)43)30-16-11-17-32(26-30)44-39-20-9-10-25-41-39;/h1-25H;/q-2;+2. The van der Waals surface area contributed by atoms with E-state index in [-0.39, 0.29) is 21.1 Å². The minimum absolute atomic E-state index is 0. The van der Waals surface area contributed by atoms with E-state index in [0.29, 0.717) is 11.6 Å². The third-order valence-corrected chi connectivity index (χ3v) is 7.74. The zero-order valence-corrected chi connectivity index (χ0v) is 26.3. The fraction of sp³-hybridized carbons (Fsp3) is 0. The van der Waals surface area contributed by atoms with Gasteiger partial charge in [0.2, 0.25) is 5.88 Å². The second-order valence-corrected chi connectivity index (χ2v) is 10.5. The smallest absolute Gasteiger partial charge is 0.460 e. The summed E-state index contributed by atoms with van der Waals surface area (Å²) in [5.41, 5.74) is 8.04. The first-order valence-electron chi connectivity index (χ1n) is 14.5. The summed E-state index contributed by atoms with van der Waals surface area (Å²) >= 11 is 0. The topological polar surface area (TPSA) is 39.9 Å². The van der Waals surface area contributed by atoms with Gasteiger partial charge in [-0.25, -0.2) is 21.1 Å². The molecular formula is C40H25N3OPt. The Morgan fingerprint density at radius 2 is 1.29 bits per heavy atom. The molecule has 8 rings (SSSR count). The summed E-state index contributed by atoms with van der Waals surface area (Å²) in [5.74, 6) is 1.96. The molecular weight excluding hydrogens is 734 g/mol. The Kier molecular flexibility index (Phi) is 7.81. The minimum Gasteiger partial charge on any atom is -0.460 e. The molecule has 3 aromatic heterocycles. The quantitative estimate of drug-likeness (QED) is 0.159. The predicted molar refractivity (Wildman–Crippen MR) is 177 cm³/mol. The third kappa shape index (κ3) is 5.46. The van der Waals surface area contributed by atoms with Crippen molar-refractivity contribution in [3.8, 4) is 51.0 Å². The predicted octanol–water partition coefficient (Wildman–Crippen LogP) is 9.96. The maximum absolute atomic E-state index is 5.98. The van der Waals surface area contributed by atoms with Crippen LogP contribution < -0.4 is 4.74 Å². The van der Waals surface area contributed by atoms with Gasteiger partial charge in [0, 0.05) is 34.7 Å². The molecule has 0 spiro atoms. The van der Waals surface area contributed by atoms with Crippen LogP contribution in [0.2, 0.25) is 0 Å². The number of benzene rings is 5. The largest absolute Gasteiger partial charge is 2.00 e. The molecule has 0 atom stereocenters. The fourth-order valence-corrected chi connectivity index (χ4v) is 5.71. The summed E-state index contributed by atoms with van der Waals surface area (Å²) in [6, 6.07) is 56.4. The van der Waals surface area contributed by atoms with Crippen molar-refractivity contribution in [2.75, 3.05) is 0 Å². The van der Waals surface area contributed by atoms with Crippen LogP contribution in [0.15, 0.2) is 152 Å². The molecule has 216 valence electrons. The van der Waals surface area contributed by atoms with Crippen molar-refractivity contribution in [1.82, 2.24) is 14.5 Å². The number of nitrogens with zero attached hydrogens (tertiary/aromatic N) is 3. The van der Waals surface area contributed by atoms with E-state index in [9.17, 15) is 0 Å². The number of aromatic nitrogens is 3. The van der Waals surface area contributed by atoms with Crippen molar-refractivity contribution in [3.63, 3.8) is 0 Å². The first-order chi connectivity index (χ1) is 21.8. The monoisotopic (exact) mass is 758 g/mol. The van der Waals surface area contributed by atoms with E-state index < -0.39 is 0 Å². The maximum Gasteiger partial charge on any atom is 2.00 e. The Labute approximate surface area is 275 Å². The van der Waals surface area contributed by atoms with E-state index in [2.05, 4.69) is 119 Å². The van der Waals surface area contributed by atoms with Crippen LogP contribution >= 0.6 is 0 Å². The van der Waals surface area contributed by atoms with E-state index >= 15 is 0 Å². The molecule has 0 amide bonds. The first-order valence-corrected chi connectivity index (χ1v) is 14.5. The fourth-order valence-electron chi connectivity index (χ4n) is 5.71. The molecule has 0 radical (unpaired) electrons. The summed E-state index contributed by atoms with van der Waals surface area (Å²) in [5, 5.41) is 2.26. The molecule has 0 aliphatic rings. The van der Waals surface area contributed by atoms with Crippen LogP contribution in [0.3, 0.4) is 0 Å². The van der Waals surface area contributed by atoms with Crippen LogP contribution in [0.1, 0.15) is 0 Å². The van der Waals surface area contributed by atoms with Crippen molar-refractivity contribution in [2.24, 2.45) is 0 Å². The van der Waals surface area contributed by atoms with Crippen molar-refractivity contribution in [1.29, 1.82) is 0 Å². The zero-order chi connectivity index (χ0) is 29.3. The number of hydrogen-bond donors (Lipinski definition) is 0. The summed E-state index contributed by atoms with van der Waals surface area (Å²) in [6.45, 7) is 0. The van der Waals surface area contributed by atoms with E-state index in [0.717, 1.165) is 61.1 Å². The minimum atomic E-state index is 0. The molecule has 0 aliphatic carbocycles. The van der Waals surface area contributed by atoms with Crippen molar-refractivity contribution in [2.45, 2.75) is 0 Å². The molecule has 5 heteroatoms. The van der Waals surface area contributed by atoms with Gasteiger partial charge in [-0.05, 0) is 40.7 Å². The van der Waals surface area contributed by atoms with E-state index in [4.69, 9.17) is 9.72 Å². The van der Waals surface area contributed by atoms with Gasteiger partial charge in [-0.2, -0.15) is 24.3 Å². The molecule has 0 unspecified atom stereocenters. The molecule has 45 heavy (non-hydrogen) atoms. The van der Waals surface area contributed by atoms with Gasteiger partial charge >= 0.3 is 21.1 Å². The van der Waals surface area contributed by atoms with E-state index in [1.807, 2.05) is 48.5 Å². The van der Waals surface area contributed by atoms with E-state index in [1.165, 1.54) is 0 Å². The second kappa shape index (κ2) is 12.4. The Balaban J connectivity index is 0.00000325. The SMILES string of the molecule is [Pt+2].[c-]1c(Oc2ccccn2)cccc1-c1[c-]c2c(cc1)c1ccccc1n2-c1ccc(-c2ccccc2)c(-c2ccccc2)n1. The number of rotatable bonds is 6. The third-order valence-electron chi connectivity index (χ3n) is 7.74. The molecule has 5 aromatic carbocycles. The Morgan fingerprint density at radius 3 is 2.09 bits per heavy atom. The average Bonchev–Trinajstić information content (AvgIpc) is 3.43. The van der Waals surface area contributed by atoms with Crippen LogP contribution in [0.25, 0.3) is 61.1 Å². The Hall–Kier alpha value is -5.31. The summed E-state index contributed by atoms with van der Waals surface area (Å²) in [4.78, 5) is 9.61. The number of para-hydroxylation sites is 1. The summed E-state index contributed by atoms with van der Waals surface area (Å²) in [7, 11) is 0. The zero-order valence-electron chi connectivity index (χ0n) is 24.0.